The van der Waals surface area contributed by atoms with Gasteiger partial charge in [0.25, 0.3) is 0 Å². The molecule has 0 saturated carbocycles. The van der Waals surface area contributed by atoms with Crippen LogP contribution < -0.4 is 4.74 Å². The van der Waals surface area contributed by atoms with Crippen molar-refractivity contribution < 1.29 is 4.74 Å². The van der Waals surface area contributed by atoms with Crippen molar-refractivity contribution in [1.29, 1.82) is 0 Å². The minimum absolute atomic E-state index is 0.0184. The molecule has 0 spiro atoms. The van der Waals surface area contributed by atoms with E-state index in [1.54, 1.807) is 0 Å². The van der Waals surface area contributed by atoms with Crippen LogP contribution >= 0.6 is 0 Å². The molecule has 15 heavy (non-hydrogen) atoms. The molecule has 0 aliphatic carbocycles. The normalized spacial score (nSPS) is 17.7. The van der Waals surface area contributed by atoms with Gasteiger partial charge < -0.3 is 4.74 Å². The number of benzene rings is 1. The number of para-hydroxylation sites is 1. The van der Waals surface area contributed by atoms with Crippen LogP contribution in [0.5, 0.6) is 5.75 Å². The van der Waals surface area contributed by atoms with Crippen molar-refractivity contribution in [2.24, 2.45) is 5.92 Å². The number of fused-ring (bicyclic) bond motifs is 1. The lowest BCUT2D eigenvalue weighted by atomic mass is 9.97. The highest BCUT2D eigenvalue weighted by Gasteiger charge is 2.31. The first-order valence-corrected chi connectivity index (χ1v) is 5.78. The highest BCUT2D eigenvalue weighted by Crippen LogP contribution is 2.38. The van der Waals surface area contributed by atoms with E-state index in [4.69, 9.17) is 4.74 Å². The van der Waals surface area contributed by atoms with E-state index in [-0.39, 0.29) is 5.60 Å². The van der Waals surface area contributed by atoms with Crippen LogP contribution in [0.15, 0.2) is 18.2 Å². The topological polar surface area (TPSA) is 9.23 Å². The molecule has 0 saturated heterocycles. The van der Waals surface area contributed by atoms with Crippen LogP contribution in [0.1, 0.15) is 38.8 Å². The molecule has 0 atom stereocenters. The Morgan fingerprint density at radius 1 is 1.33 bits per heavy atom. The SMILES string of the molecule is CC(C)Cc1cccc2c1OC(C)(C)C2. The lowest BCUT2D eigenvalue weighted by Crippen LogP contribution is -2.24. The maximum atomic E-state index is 6.03. The quantitative estimate of drug-likeness (QED) is 0.715. The van der Waals surface area contributed by atoms with E-state index >= 15 is 0 Å². The minimum atomic E-state index is -0.0184. The van der Waals surface area contributed by atoms with E-state index in [0.717, 1.165) is 18.6 Å². The molecule has 82 valence electrons. The number of hydrogen-bond donors (Lipinski definition) is 0. The van der Waals surface area contributed by atoms with Crippen molar-refractivity contribution in [3.8, 4) is 5.75 Å². The smallest absolute Gasteiger partial charge is 0.126 e. The molecule has 0 radical (unpaired) electrons. The van der Waals surface area contributed by atoms with E-state index in [0.29, 0.717) is 5.92 Å². The molecule has 0 aromatic heterocycles. The van der Waals surface area contributed by atoms with Crippen molar-refractivity contribution in [2.45, 2.75) is 46.1 Å². The third-order valence-corrected chi connectivity index (χ3v) is 2.80. The van der Waals surface area contributed by atoms with E-state index in [9.17, 15) is 0 Å². The molecule has 1 aromatic rings. The molecule has 0 fully saturated rings. The van der Waals surface area contributed by atoms with Gasteiger partial charge in [-0.3, -0.25) is 0 Å². The fourth-order valence-electron chi connectivity index (χ4n) is 2.28. The van der Waals surface area contributed by atoms with Crippen LogP contribution in [0.25, 0.3) is 0 Å². The molecule has 0 amide bonds. The van der Waals surface area contributed by atoms with Gasteiger partial charge in [-0.15, -0.1) is 0 Å². The van der Waals surface area contributed by atoms with Crippen LogP contribution in [-0.4, -0.2) is 5.60 Å². The fourth-order valence-corrected chi connectivity index (χ4v) is 2.28. The first kappa shape index (κ1) is 10.5. The lowest BCUT2D eigenvalue weighted by molar-refractivity contribution is 0.137. The van der Waals surface area contributed by atoms with Crippen LogP contribution in [0.4, 0.5) is 0 Å². The molecule has 0 N–H and O–H groups in total. The Morgan fingerprint density at radius 3 is 2.73 bits per heavy atom. The summed E-state index contributed by atoms with van der Waals surface area (Å²) in [6.07, 6.45) is 2.15. The van der Waals surface area contributed by atoms with Gasteiger partial charge in [0.2, 0.25) is 0 Å². The second kappa shape index (κ2) is 3.55. The zero-order valence-electron chi connectivity index (χ0n) is 10.1. The van der Waals surface area contributed by atoms with E-state index < -0.39 is 0 Å². The number of ether oxygens (including phenoxy) is 1. The maximum absolute atomic E-state index is 6.03. The lowest BCUT2D eigenvalue weighted by Gasteiger charge is -2.18. The monoisotopic (exact) mass is 204 g/mol. The van der Waals surface area contributed by atoms with Crippen molar-refractivity contribution >= 4 is 0 Å². The Kier molecular flexibility index (Phi) is 2.49. The molecule has 1 nitrogen and oxygen atoms in total. The molecule has 0 bridgehead atoms. The summed E-state index contributed by atoms with van der Waals surface area (Å²) < 4.78 is 6.03. The van der Waals surface area contributed by atoms with Gasteiger partial charge in [0.05, 0.1) is 0 Å². The second-order valence-electron chi connectivity index (χ2n) is 5.54. The van der Waals surface area contributed by atoms with E-state index in [1.807, 2.05) is 0 Å². The molecule has 1 aliphatic rings. The molecular formula is C14H20O. The van der Waals surface area contributed by atoms with Gasteiger partial charge in [0, 0.05) is 6.42 Å². The van der Waals surface area contributed by atoms with Gasteiger partial charge in [-0.1, -0.05) is 32.0 Å². The zero-order valence-corrected chi connectivity index (χ0v) is 10.1. The van der Waals surface area contributed by atoms with Crippen molar-refractivity contribution in [1.82, 2.24) is 0 Å². The summed E-state index contributed by atoms with van der Waals surface area (Å²) in [5.74, 6) is 1.83. The molecule has 0 unspecified atom stereocenters. The van der Waals surface area contributed by atoms with E-state index in [1.165, 1.54) is 11.1 Å². The first-order valence-electron chi connectivity index (χ1n) is 5.78. The second-order valence-corrected chi connectivity index (χ2v) is 5.54. The van der Waals surface area contributed by atoms with Gasteiger partial charge in [0.15, 0.2) is 0 Å². The summed E-state index contributed by atoms with van der Waals surface area (Å²) in [5, 5.41) is 0. The Labute approximate surface area is 92.5 Å². The molecule has 1 heterocycles. The highest BCUT2D eigenvalue weighted by atomic mass is 16.5. The number of rotatable bonds is 2. The first-order chi connectivity index (χ1) is 6.98. The largest absolute Gasteiger partial charge is 0.487 e. The molecule has 1 heteroatoms. The fraction of sp³-hybridized carbons (Fsp3) is 0.571. The van der Waals surface area contributed by atoms with Gasteiger partial charge in [-0.25, -0.2) is 0 Å². The zero-order chi connectivity index (χ0) is 11.1. The average molecular weight is 204 g/mol. The Morgan fingerprint density at radius 2 is 2.07 bits per heavy atom. The summed E-state index contributed by atoms with van der Waals surface area (Å²) in [5.41, 5.74) is 2.72. The Bertz CT molecular complexity index is 364. The predicted molar refractivity (Wildman–Crippen MR) is 63.4 cm³/mol. The van der Waals surface area contributed by atoms with Crippen molar-refractivity contribution in [3.05, 3.63) is 29.3 Å². The summed E-state index contributed by atoms with van der Waals surface area (Å²) in [4.78, 5) is 0. The summed E-state index contributed by atoms with van der Waals surface area (Å²) in [7, 11) is 0. The summed E-state index contributed by atoms with van der Waals surface area (Å²) in [6.45, 7) is 8.82. The van der Waals surface area contributed by atoms with E-state index in [2.05, 4.69) is 45.9 Å². The molecule has 1 aromatic carbocycles. The molecule has 1 aliphatic heterocycles. The van der Waals surface area contributed by atoms with Crippen LogP contribution in [-0.2, 0) is 12.8 Å². The standard InChI is InChI=1S/C14H20O/c1-10(2)8-11-6-5-7-12-9-14(3,4)15-13(11)12/h5-7,10H,8-9H2,1-4H3. The van der Waals surface area contributed by atoms with Gasteiger partial charge in [-0.05, 0) is 37.3 Å². The minimum Gasteiger partial charge on any atom is -0.487 e. The molecule has 2 rings (SSSR count). The predicted octanol–water partition coefficient (Wildman–Crippen LogP) is 3.60. The number of hydrogen-bond acceptors (Lipinski definition) is 1. The third-order valence-electron chi connectivity index (χ3n) is 2.80. The van der Waals surface area contributed by atoms with Crippen molar-refractivity contribution in [2.75, 3.05) is 0 Å². The van der Waals surface area contributed by atoms with Gasteiger partial charge >= 0.3 is 0 Å². The van der Waals surface area contributed by atoms with Crippen LogP contribution in [0, 0.1) is 5.92 Å². The third kappa shape index (κ3) is 2.17. The van der Waals surface area contributed by atoms with Crippen molar-refractivity contribution in [3.63, 3.8) is 0 Å². The van der Waals surface area contributed by atoms with Crippen LogP contribution in [0.3, 0.4) is 0 Å². The summed E-state index contributed by atoms with van der Waals surface area (Å²) in [6, 6.07) is 6.54. The maximum Gasteiger partial charge on any atom is 0.126 e. The molecular weight excluding hydrogens is 184 g/mol. The Balaban J connectivity index is 2.33. The van der Waals surface area contributed by atoms with Gasteiger partial charge in [-0.2, -0.15) is 0 Å². The summed E-state index contributed by atoms with van der Waals surface area (Å²) >= 11 is 0. The van der Waals surface area contributed by atoms with Gasteiger partial charge in [0.1, 0.15) is 11.4 Å². The average Bonchev–Trinajstić information content (AvgIpc) is 2.39. The van der Waals surface area contributed by atoms with Crippen LogP contribution in [0.2, 0.25) is 0 Å². The highest BCUT2D eigenvalue weighted by molar-refractivity contribution is 5.45. The Hall–Kier alpha value is -0.980.